The van der Waals surface area contributed by atoms with Gasteiger partial charge in [0.15, 0.2) is 0 Å². The molecule has 148 valence electrons. The summed E-state index contributed by atoms with van der Waals surface area (Å²) in [6.07, 6.45) is 2.90. The highest BCUT2D eigenvalue weighted by Crippen LogP contribution is 2.31. The second-order valence-corrected chi connectivity index (χ2v) is 7.15. The van der Waals surface area contributed by atoms with E-state index in [0.29, 0.717) is 33.8 Å². The number of aromatic nitrogens is 2. The van der Waals surface area contributed by atoms with Crippen molar-refractivity contribution in [1.29, 1.82) is 0 Å². The molecule has 0 aliphatic rings. The lowest BCUT2D eigenvalue weighted by molar-refractivity contribution is 0.0706. The zero-order valence-corrected chi connectivity index (χ0v) is 16.6. The second-order valence-electron chi connectivity index (χ2n) is 6.34. The van der Waals surface area contributed by atoms with Crippen LogP contribution in [0.2, 0.25) is 10.0 Å². The van der Waals surface area contributed by atoms with Gasteiger partial charge in [-0.25, -0.2) is 10.5 Å². The molecule has 1 aromatic heterocycles. The largest absolute Gasteiger partial charge is 0.330 e. The van der Waals surface area contributed by atoms with Gasteiger partial charge < -0.3 is 15.6 Å². The number of nitrogens with two attached hydrogens (primary N) is 1. The summed E-state index contributed by atoms with van der Waals surface area (Å²) in [6.45, 7) is 1.39. The molecule has 3 rings (SSSR count). The number of amides is 1. The second kappa shape index (κ2) is 9.25. The number of benzene rings is 2. The van der Waals surface area contributed by atoms with Crippen molar-refractivity contribution in [1.82, 2.24) is 15.0 Å². The van der Waals surface area contributed by atoms with Crippen LogP contribution in [0.4, 0.5) is 11.6 Å². The summed E-state index contributed by atoms with van der Waals surface area (Å²) in [5, 5.41) is 13.0. The maximum atomic E-state index is 11.7. The number of imidazole rings is 1. The average Bonchev–Trinajstić information content (AvgIpc) is 3.01. The van der Waals surface area contributed by atoms with Gasteiger partial charge in [-0.2, -0.15) is 0 Å². The standard InChI is InChI=1S/C19H21Cl2N5O2/c20-14-10-16-17(11-15(14)21)26(8-3-1-2-7-22)19(24-16)23-13-6-4-5-12(9-13)18(27)25-28/h4-6,9-11,28H,1-3,7-8,22H2,(H,23,24)(H,25,27). The first-order valence-electron chi connectivity index (χ1n) is 8.90. The molecule has 0 saturated carbocycles. The highest BCUT2D eigenvalue weighted by atomic mass is 35.5. The maximum absolute atomic E-state index is 11.7. The topological polar surface area (TPSA) is 105 Å². The number of carbonyl (C=O) groups is 1. The van der Waals surface area contributed by atoms with Crippen molar-refractivity contribution in [3.8, 4) is 0 Å². The van der Waals surface area contributed by atoms with E-state index < -0.39 is 5.91 Å². The third-order valence-electron chi connectivity index (χ3n) is 4.36. The number of hydroxylamine groups is 1. The van der Waals surface area contributed by atoms with Crippen molar-refractivity contribution in [2.24, 2.45) is 5.73 Å². The van der Waals surface area contributed by atoms with Crippen molar-refractivity contribution < 1.29 is 10.0 Å². The van der Waals surface area contributed by atoms with Gasteiger partial charge in [0.05, 0.1) is 21.1 Å². The lowest BCUT2D eigenvalue weighted by Gasteiger charge is -2.12. The zero-order chi connectivity index (χ0) is 20.1. The summed E-state index contributed by atoms with van der Waals surface area (Å²) in [5.41, 5.74) is 9.79. The molecule has 0 fully saturated rings. The van der Waals surface area contributed by atoms with E-state index in [1.54, 1.807) is 35.8 Å². The van der Waals surface area contributed by atoms with E-state index in [0.717, 1.165) is 36.8 Å². The molecule has 28 heavy (non-hydrogen) atoms. The quantitative estimate of drug-likeness (QED) is 0.246. The van der Waals surface area contributed by atoms with Crippen LogP contribution >= 0.6 is 23.2 Å². The Hall–Kier alpha value is -2.32. The van der Waals surface area contributed by atoms with E-state index in [1.807, 2.05) is 10.6 Å². The molecular weight excluding hydrogens is 401 g/mol. The Balaban J connectivity index is 1.95. The van der Waals surface area contributed by atoms with Crippen LogP contribution in [0.25, 0.3) is 11.0 Å². The van der Waals surface area contributed by atoms with Gasteiger partial charge in [-0.05, 0) is 49.7 Å². The first-order valence-corrected chi connectivity index (χ1v) is 9.66. The van der Waals surface area contributed by atoms with Gasteiger partial charge in [-0.15, -0.1) is 0 Å². The molecule has 1 heterocycles. The highest BCUT2D eigenvalue weighted by Gasteiger charge is 2.14. The van der Waals surface area contributed by atoms with E-state index in [-0.39, 0.29) is 0 Å². The van der Waals surface area contributed by atoms with Crippen molar-refractivity contribution in [2.45, 2.75) is 25.8 Å². The predicted octanol–water partition coefficient (Wildman–Crippen LogP) is 4.33. The van der Waals surface area contributed by atoms with Crippen molar-refractivity contribution in [2.75, 3.05) is 11.9 Å². The normalized spacial score (nSPS) is 11.0. The molecule has 7 nitrogen and oxygen atoms in total. The number of anilines is 2. The van der Waals surface area contributed by atoms with E-state index in [2.05, 4.69) is 10.3 Å². The summed E-state index contributed by atoms with van der Waals surface area (Å²) in [6, 6.07) is 10.3. The van der Waals surface area contributed by atoms with Crippen LogP contribution in [0.1, 0.15) is 29.6 Å². The predicted molar refractivity (Wildman–Crippen MR) is 112 cm³/mol. The monoisotopic (exact) mass is 421 g/mol. The first-order chi connectivity index (χ1) is 13.5. The van der Waals surface area contributed by atoms with E-state index in [4.69, 9.17) is 34.1 Å². The Bertz CT molecular complexity index is 990. The molecule has 2 aromatic carbocycles. The van der Waals surface area contributed by atoms with Crippen LogP contribution in [0, 0.1) is 0 Å². The van der Waals surface area contributed by atoms with Crippen LogP contribution in [-0.4, -0.2) is 27.2 Å². The summed E-state index contributed by atoms with van der Waals surface area (Å²) in [5.74, 6) is 0.0279. The van der Waals surface area contributed by atoms with Gasteiger partial charge in [0.1, 0.15) is 0 Å². The third-order valence-corrected chi connectivity index (χ3v) is 5.08. The molecule has 0 radical (unpaired) electrons. The van der Waals surface area contributed by atoms with Crippen LogP contribution in [-0.2, 0) is 6.54 Å². The van der Waals surface area contributed by atoms with E-state index >= 15 is 0 Å². The molecular formula is C19H21Cl2N5O2. The molecule has 1 amide bonds. The molecule has 0 atom stereocenters. The van der Waals surface area contributed by atoms with Crippen molar-refractivity contribution in [3.63, 3.8) is 0 Å². The van der Waals surface area contributed by atoms with Gasteiger partial charge in [-0.1, -0.05) is 35.7 Å². The fraction of sp³-hybridized carbons (Fsp3) is 0.263. The number of carbonyl (C=O) groups excluding carboxylic acids is 1. The fourth-order valence-corrected chi connectivity index (χ4v) is 3.28. The number of fused-ring (bicyclic) bond motifs is 1. The highest BCUT2D eigenvalue weighted by molar-refractivity contribution is 6.42. The van der Waals surface area contributed by atoms with E-state index in [1.165, 1.54) is 0 Å². The molecule has 0 aliphatic heterocycles. The Morgan fingerprint density at radius 2 is 1.93 bits per heavy atom. The Morgan fingerprint density at radius 3 is 2.68 bits per heavy atom. The summed E-state index contributed by atoms with van der Waals surface area (Å²) in [7, 11) is 0. The maximum Gasteiger partial charge on any atom is 0.274 e. The Labute approximate surface area is 172 Å². The van der Waals surface area contributed by atoms with Gasteiger partial charge in [0.2, 0.25) is 5.95 Å². The van der Waals surface area contributed by atoms with Gasteiger partial charge >= 0.3 is 0 Å². The molecule has 0 aliphatic carbocycles. The first kappa shape index (κ1) is 20.4. The number of rotatable bonds is 8. The van der Waals surface area contributed by atoms with Gasteiger partial charge in [0, 0.05) is 17.8 Å². The minimum absolute atomic E-state index is 0.323. The van der Waals surface area contributed by atoms with Crippen LogP contribution < -0.4 is 16.5 Å². The lowest BCUT2D eigenvalue weighted by Crippen LogP contribution is -2.18. The number of halogens is 2. The molecule has 0 unspecified atom stereocenters. The lowest BCUT2D eigenvalue weighted by atomic mass is 10.2. The summed E-state index contributed by atoms with van der Waals surface area (Å²) < 4.78 is 2.03. The molecule has 9 heteroatoms. The van der Waals surface area contributed by atoms with Crippen LogP contribution in [0.3, 0.4) is 0 Å². The molecule has 0 saturated heterocycles. The number of nitrogens with zero attached hydrogens (tertiary/aromatic N) is 2. The Kier molecular flexibility index (Phi) is 6.74. The summed E-state index contributed by atoms with van der Waals surface area (Å²) >= 11 is 12.3. The minimum Gasteiger partial charge on any atom is -0.330 e. The number of aryl methyl sites for hydroxylation is 1. The summed E-state index contributed by atoms with van der Waals surface area (Å²) in [4.78, 5) is 16.3. The van der Waals surface area contributed by atoms with Crippen molar-refractivity contribution in [3.05, 3.63) is 52.0 Å². The number of hydrogen-bond acceptors (Lipinski definition) is 5. The molecule has 0 bridgehead atoms. The van der Waals surface area contributed by atoms with Crippen LogP contribution in [0.5, 0.6) is 0 Å². The number of unbranched alkanes of at least 4 members (excludes halogenated alkanes) is 2. The SMILES string of the molecule is NCCCCCn1c(Nc2cccc(C(=O)NO)c2)nc2cc(Cl)c(Cl)cc21. The van der Waals surface area contributed by atoms with Crippen LogP contribution in [0.15, 0.2) is 36.4 Å². The average molecular weight is 422 g/mol. The smallest absolute Gasteiger partial charge is 0.274 e. The zero-order valence-electron chi connectivity index (χ0n) is 15.1. The minimum atomic E-state index is -0.586. The molecule has 0 spiro atoms. The van der Waals surface area contributed by atoms with Gasteiger partial charge in [-0.3, -0.25) is 10.0 Å². The fourth-order valence-electron chi connectivity index (χ4n) is 2.96. The van der Waals surface area contributed by atoms with E-state index in [9.17, 15) is 4.79 Å². The Morgan fingerprint density at radius 1 is 1.14 bits per heavy atom. The van der Waals surface area contributed by atoms with Gasteiger partial charge in [0.25, 0.3) is 5.91 Å². The number of nitrogens with one attached hydrogen (secondary N) is 2. The molecule has 3 aromatic rings. The number of hydrogen-bond donors (Lipinski definition) is 4. The molecule has 5 N–H and O–H groups in total. The third kappa shape index (κ3) is 4.56. The van der Waals surface area contributed by atoms with Crippen molar-refractivity contribution >= 4 is 51.8 Å².